The summed E-state index contributed by atoms with van der Waals surface area (Å²) in [6.45, 7) is 5.38. The van der Waals surface area contributed by atoms with Gasteiger partial charge in [0.1, 0.15) is 4.90 Å². The second-order valence-electron chi connectivity index (χ2n) is 5.34. The highest BCUT2D eigenvalue weighted by molar-refractivity contribution is 7.89. The average molecular weight is 312 g/mol. The van der Waals surface area contributed by atoms with Crippen molar-refractivity contribution in [1.29, 1.82) is 0 Å². The Hall–Kier alpha value is -1.31. The fourth-order valence-corrected chi connectivity index (χ4v) is 3.53. The van der Waals surface area contributed by atoms with Gasteiger partial charge < -0.3 is 16.0 Å². The Bertz CT molecular complexity index is 589. The van der Waals surface area contributed by atoms with Crippen molar-refractivity contribution in [3.63, 3.8) is 0 Å². The molecule has 4 N–H and O–H groups in total. The quantitative estimate of drug-likeness (QED) is 0.708. The van der Waals surface area contributed by atoms with Crippen LogP contribution in [0.15, 0.2) is 23.1 Å². The average Bonchev–Trinajstić information content (AvgIpc) is 2.47. The van der Waals surface area contributed by atoms with Gasteiger partial charge in [0.15, 0.2) is 0 Å². The summed E-state index contributed by atoms with van der Waals surface area (Å²) >= 11 is 0. The maximum atomic E-state index is 11.8. The predicted molar refractivity (Wildman–Crippen MR) is 85.9 cm³/mol. The van der Waals surface area contributed by atoms with E-state index in [1.807, 2.05) is 0 Å². The van der Waals surface area contributed by atoms with Crippen LogP contribution in [-0.2, 0) is 10.0 Å². The number of benzene rings is 1. The zero-order valence-electron chi connectivity index (χ0n) is 12.6. The summed E-state index contributed by atoms with van der Waals surface area (Å²) < 4.78 is 25.9. The molecule has 1 saturated heterocycles. The number of rotatable bonds is 5. The molecule has 0 aromatic heterocycles. The van der Waals surface area contributed by atoms with Gasteiger partial charge in [0.05, 0.1) is 5.69 Å². The van der Waals surface area contributed by atoms with Crippen LogP contribution >= 0.6 is 0 Å². The molecule has 7 heteroatoms. The number of likely N-dealkylation sites (tertiary alicyclic amines) is 1. The topological polar surface area (TPSA) is 87.5 Å². The number of sulfonamides is 1. The molecule has 1 aromatic rings. The third-order valence-electron chi connectivity index (χ3n) is 3.89. The Morgan fingerprint density at radius 3 is 2.81 bits per heavy atom. The molecule has 0 amide bonds. The van der Waals surface area contributed by atoms with E-state index in [1.165, 1.54) is 13.5 Å². The van der Waals surface area contributed by atoms with Gasteiger partial charge in [-0.1, -0.05) is 6.92 Å². The number of piperidine rings is 1. The van der Waals surface area contributed by atoms with Crippen LogP contribution in [0.2, 0.25) is 0 Å². The molecular weight excluding hydrogens is 288 g/mol. The van der Waals surface area contributed by atoms with Crippen molar-refractivity contribution in [2.45, 2.75) is 30.7 Å². The van der Waals surface area contributed by atoms with Crippen molar-refractivity contribution in [2.75, 3.05) is 37.7 Å². The summed E-state index contributed by atoms with van der Waals surface area (Å²) in [5.74, 6) is 0. The Morgan fingerprint density at radius 1 is 1.43 bits per heavy atom. The minimum Gasteiger partial charge on any atom is -0.398 e. The Labute approximate surface area is 126 Å². The van der Waals surface area contributed by atoms with E-state index < -0.39 is 10.0 Å². The van der Waals surface area contributed by atoms with Crippen LogP contribution in [0.1, 0.15) is 19.8 Å². The lowest BCUT2D eigenvalue weighted by Crippen LogP contribution is -2.41. The summed E-state index contributed by atoms with van der Waals surface area (Å²) in [7, 11) is -2.13. The van der Waals surface area contributed by atoms with Crippen LogP contribution in [0.5, 0.6) is 0 Å². The van der Waals surface area contributed by atoms with Crippen LogP contribution in [0.4, 0.5) is 11.4 Å². The fraction of sp³-hybridized carbons (Fsp3) is 0.571. The van der Waals surface area contributed by atoms with Gasteiger partial charge in [-0.2, -0.15) is 0 Å². The molecule has 1 aromatic carbocycles. The van der Waals surface area contributed by atoms with Gasteiger partial charge >= 0.3 is 0 Å². The summed E-state index contributed by atoms with van der Waals surface area (Å²) in [6, 6.07) is 5.38. The van der Waals surface area contributed by atoms with Gasteiger partial charge in [-0.05, 0) is 51.2 Å². The van der Waals surface area contributed by atoms with Crippen LogP contribution in [0.25, 0.3) is 0 Å². The molecule has 1 atom stereocenters. The van der Waals surface area contributed by atoms with Gasteiger partial charge in [0.25, 0.3) is 0 Å². The van der Waals surface area contributed by atoms with E-state index in [0.717, 1.165) is 31.7 Å². The van der Waals surface area contributed by atoms with Crippen molar-refractivity contribution in [3.05, 3.63) is 18.2 Å². The maximum absolute atomic E-state index is 11.8. The zero-order valence-corrected chi connectivity index (χ0v) is 13.4. The van der Waals surface area contributed by atoms with E-state index in [4.69, 9.17) is 5.73 Å². The third kappa shape index (κ3) is 3.87. The number of hydrogen-bond acceptors (Lipinski definition) is 5. The lowest BCUT2D eigenvalue weighted by molar-refractivity contribution is 0.227. The molecule has 1 heterocycles. The molecule has 1 aliphatic heterocycles. The second-order valence-corrected chi connectivity index (χ2v) is 7.19. The SMILES string of the molecule is CCN1CCCC(Nc2ccc(S(=O)(=O)NC)c(N)c2)C1. The van der Waals surface area contributed by atoms with E-state index in [9.17, 15) is 8.42 Å². The minimum absolute atomic E-state index is 0.120. The van der Waals surface area contributed by atoms with Crippen LogP contribution < -0.4 is 15.8 Å². The van der Waals surface area contributed by atoms with Crippen molar-refractivity contribution < 1.29 is 8.42 Å². The zero-order chi connectivity index (χ0) is 15.5. The summed E-state index contributed by atoms with van der Waals surface area (Å²) in [5, 5.41) is 3.45. The number of anilines is 2. The van der Waals surface area contributed by atoms with Crippen LogP contribution in [0.3, 0.4) is 0 Å². The first-order valence-corrected chi connectivity index (χ1v) is 8.76. The highest BCUT2D eigenvalue weighted by Crippen LogP contribution is 2.24. The monoisotopic (exact) mass is 312 g/mol. The highest BCUT2D eigenvalue weighted by atomic mass is 32.2. The number of nitrogen functional groups attached to an aromatic ring is 1. The number of hydrogen-bond donors (Lipinski definition) is 3. The third-order valence-corrected chi connectivity index (χ3v) is 5.38. The number of nitrogens with one attached hydrogen (secondary N) is 2. The fourth-order valence-electron chi connectivity index (χ4n) is 2.69. The van der Waals surface area contributed by atoms with Gasteiger partial charge in [0, 0.05) is 18.3 Å². The largest absolute Gasteiger partial charge is 0.398 e. The molecule has 0 spiro atoms. The van der Waals surface area contributed by atoms with Crippen molar-refractivity contribution in [1.82, 2.24) is 9.62 Å². The van der Waals surface area contributed by atoms with Gasteiger partial charge in [0.2, 0.25) is 10.0 Å². The Kier molecular flexibility index (Phi) is 5.08. The normalized spacial score (nSPS) is 20.4. The number of likely N-dealkylation sites (N-methyl/N-ethyl adjacent to an activating group) is 1. The molecule has 21 heavy (non-hydrogen) atoms. The van der Waals surface area contributed by atoms with E-state index in [0.29, 0.717) is 6.04 Å². The van der Waals surface area contributed by atoms with Gasteiger partial charge in [-0.3, -0.25) is 0 Å². The number of nitrogens with zero attached hydrogens (tertiary/aromatic N) is 1. The smallest absolute Gasteiger partial charge is 0.242 e. The van der Waals surface area contributed by atoms with Crippen LogP contribution in [0, 0.1) is 0 Å². The molecule has 1 fully saturated rings. The Morgan fingerprint density at radius 2 is 2.19 bits per heavy atom. The van der Waals surface area contributed by atoms with E-state index in [-0.39, 0.29) is 10.6 Å². The van der Waals surface area contributed by atoms with E-state index in [1.54, 1.807) is 18.2 Å². The summed E-state index contributed by atoms with van der Waals surface area (Å²) in [4.78, 5) is 2.53. The van der Waals surface area contributed by atoms with Crippen molar-refractivity contribution in [3.8, 4) is 0 Å². The van der Waals surface area contributed by atoms with E-state index >= 15 is 0 Å². The molecule has 2 rings (SSSR count). The lowest BCUT2D eigenvalue weighted by atomic mass is 10.1. The van der Waals surface area contributed by atoms with Crippen molar-refractivity contribution >= 4 is 21.4 Å². The van der Waals surface area contributed by atoms with Crippen LogP contribution in [-0.4, -0.2) is 46.0 Å². The standard InChI is InChI=1S/C14H24N4O2S/c1-3-18-8-4-5-12(10-18)17-11-6-7-14(13(15)9-11)21(19,20)16-2/h6-7,9,12,16-17H,3-5,8,10,15H2,1-2H3. The number of nitrogens with two attached hydrogens (primary N) is 1. The molecule has 0 saturated carbocycles. The molecule has 0 aliphatic carbocycles. The molecule has 1 unspecified atom stereocenters. The molecule has 0 bridgehead atoms. The first-order valence-electron chi connectivity index (χ1n) is 7.28. The first-order chi connectivity index (χ1) is 9.96. The Balaban J connectivity index is 2.10. The molecule has 6 nitrogen and oxygen atoms in total. The second kappa shape index (κ2) is 6.64. The summed E-state index contributed by atoms with van der Waals surface area (Å²) in [5.41, 5.74) is 7.00. The summed E-state index contributed by atoms with van der Waals surface area (Å²) in [6.07, 6.45) is 2.29. The molecule has 0 radical (unpaired) electrons. The minimum atomic E-state index is -3.50. The lowest BCUT2D eigenvalue weighted by Gasteiger charge is -2.32. The highest BCUT2D eigenvalue weighted by Gasteiger charge is 2.20. The van der Waals surface area contributed by atoms with Gasteiger partial charge in [-0.15, -0.1) is 0 Å². The maximum Gasteiger partial charge on any atom is 0.242 e. The molecule has 1 aliphatic rings. The van der Waals surface area contributed by atoms with E-state index in [2.05, 4.69) is 21.9 Å². The van der Waals surface area contributed by atoms with Gasteiger partial charge in [-0.25, -0.2) is 13.1 Å². The van der Waals surface area contributed by atoms with Crippen molar-refractivity contribution in [2.24, 2.45) is 0 Å². The molecule has 118 valence electrons. The molecular formula is C14H24N4O2S. The first kappa shape index (κ1) is 16.1. The predicted octanol–water partition coefficient (Wildman–Crippen LogP) is 1.07.